The minimum atomic E-state index is 0.663. The molecule has 0 radical (unpaired) electrons. The molecule has 3 aromatic carbocycles. The predicted octanol–water partition coefficient (Wildman–Crippen LogP) is 6.98. The van der Waals surface area contributed by atoms with Gasteiger partial charge in [0.25, 0.3) is 0 Å². The van der Waals surface area contributed by atoms with Crippen molar-refractivity contribution < 1.29 is 0 Å². The molecule has 4 rings (SSSR count). The second-order valence-corrected chi connectivity index (χ2v) is 7.16. The molecular weight excluding hydrogens is 396 g/mol. The van der Waals surface area contributed by atoms with Crippen LogP contribution in [0.4, 0.5) is 5.69 Å². The maximum Gasteiger partial charge on any atom is 0.0645 e. The number of para-hydroxylation sites is 1. The Morgan fingerprint density at radius 3 is 2.60 bits per heavy atom. The minimum absolute atomic E-state index is 0.663. The van der Waals surface area contributed by atoms with Gasteiger partial charge >= 0.3 is 0 Å². The minimum Gasteiger partial charge on any atom is -0.341 e. The molecule has 0 unspecified atom stereocenters. The van der Waals surface area contributed by atoms with Crippen LogP contribution in [-0.2, 0) is 6.54 Å². The zero-order valence-corrected chi connectivity index (χ0v) is 16.1. The lowest BCUT2D eigenvalue weighted by Crippen LogP contribution is -1.92. The highest BCUT2D eigenvalue weighted by molar-refractivity contribution is 9.10. The highest BCUT2D eigenvalue weighted by Crippen LogP contribution is 2.30. The van der Waals surface area contributed by atoms with Crippen molar-refractivity contribution in [3.8, 4) is 0 Å². The summed E-state index contributed by atoms with van der Waals surface area (Å²) in [5.74, 6) is 0. The average Bonchev–Trinajstić information content (AvgIpc) is 2.96. The van der Waals surface area contributed by atoms with Gasteiger partial charge in [-0.2, -0.15) is 0 Å². The van der Waals surface area contributed by atoms with Crippen LogP contribution in [0.2, 0.25) is 5.02 Å². The molecule has 0 N–H and O–H groups in total. The quantitative estimate of drug-likeness (QED) is 0.323. The lowest BCUT2D eigenvalue weighted by atomic mass is 10.1. The summed E-state index contributed by atoms with van der Waals surface area (Å²) >= 11 is 9.53. The molecule has 0 saturated carbocycles. The van der Waals surface area contributed by atoms with Gasteiger partial charge in [0.1, 0.15) is 0 Å². The van der Waals surface area contributed by atoms with Gasteiger partial charge < -0.3 is 4.57 Å². The van der Waals surface area contributed by atoms with Crippen LogP contribution in [0, 0.1) is 0 Å². The molecule has 0 saturated heterocycles. The normalized spacial score (nSPS) is 11.8. The lowest BCUT2D eigenvalue weighted by Gasteiger charge is -2.02. The van der Waals surface area contributed by atoms with E-state index in [1.165, 1.54) is 21.8 Å². The Morgan fingerprint density at radius 2 is 1.80 bits per heavy atom. The zero-order chi connectivity index (χ0) is 17.4. The van der Waals surface area contributed by atoms with Crippen LogP contribution in [-0.4, -0.2) is 10.8 Å². The first kappa shape index (κ1) is 16.4. The number of aliphatic imine (C=N–C) groups is 1. The van der Waals surface area contributed by atoms with Gasteiger partial charge in [-0.3, -0.25) is 4.99 Å². The summed E-state index contributed by atoms with van der Waals surface area (Å²) in [7, 11) is 0. The number of fused-ring (bicyclic) bond motifs is 3. The molecular formula is C21H16BrClN2. The summed E-state index contributed by atoms with van der Waals surface area (Å²) in [6.45, 7) is 3.13. The Morgan fingerprint density at radius 1 is 1.00 bits per heavy atom. The molecule has 0 atom stereocenters. The van der Waals surface area contributed by atoms with Gasteiger partial charge in [-0.15, -0.1) is 0 Å². The van der Waals surface area contributed by atoms with E-state index in [1.54, 1.807) is 0 Å². The number of hydrogen-bond donors (Lipinski definition) is 0. The smallest absolute Gasteiger partial charge is 0.0645 e. The van der Waals surface area contributed by atoms with Crippen molar-refractivity contribution in [2.24, 2.45) is 4.99 Å². The fourth-order valence-corrected chi connectivity index (χ4v) is 3.63. The van der Waals surface area contributed by atoms with E-state index in [-0.39, 0.29) is 0 Å². The van der Waals surface area contributed by atoms with Crippen molar-refractivity contribution in [2.45, 2.75) is 13.5 Å². The standard InChI is InChI=1S/C21H16BrClN2/c1-2-25-20-6-4-3-5-16(20)17-11-14(7-10-21(17)25)13-24-15-8-9-18(22)19(23)12-15/h3-13H,2H2,1H3. The van der Waals surface area contributed by atoms with Crippen molar-refractivity contribution in [1.82, 2.24) is 4.57 Å². The third-order valence-corrected chi connectivity index (χ3v) is 5.61. The van der Waals surface area contributed by atoms with E-state index >= 15 is 0 Å². The number of aromatic nitrogens is 1. The van der Waals surface area contributed by atoms with Crippen molar-refractivity contribution in [2.75, 3.05) is 0 Å². The number of aryl methyl sites for hydroxylation is 1. The van der Waals surface area contributed by atoms with Crippen LogP contribution in [0.3, 0.4) is 0 Å². The molecule has 0 fully saturated rings. The Kier molecular flexibility index (Phi) is 4.36. The van der Waals surface area contributed by atoms with Crippen LogP contribution >= 0.6 is 27.5 Å². The van der Waals surface area contributed by atoms with E-state index in [2.05, 4.69) is 74.9 Å². The Hall–Kier alpha value is -2.10. The monoisotopic (exact) mass is 410 g/mol. The molecule has 4 heteroatoms. The van der Waals surface area contributed by atoms with Crippen molar-refractivity contribution >= 4 is 61.2 Å². The van der Waals surface area contributed by atoms with Crippen LogP contribution in [0.5, 0.6) is 0 Å². The molecule has 124 valence electrons. The van der Waals surface area contributed by atoms with E-state index in [9.17, 15) is 0 Å². The molecule has 0 aliphatic rings. The van der Waals surface area contributed by atoms with Gasteiger partial charge in [0.15, 0.2) is 0 Å². The van der Waals surface area contributed by atoms with Gasteiger partial charge in [-0.05, 0) is 64.8 Å². The highest BCUT2D eigenvalue weighted by atomic mass is 79.9. The largest absolute Gasteiger partial charge is 0.341 e. The first-order valence-electron chi connectivity index (χ1n) is 8.17. The molecule has 0 aliphatic heterocycles. The van der Waals surface area contributed by atoms with E-state index in [1.807, 2.05) is 24.4 Å². The molecule has 2 nitrogen and oxygen atoms in total. The molecule has 4 aromatic rings. The van der Waals surface area contributed by atoms with Gasteiger partial charge in [0.2, 0.25) is 0 Å². The third kappa shape index (κ3) is 2.99. The maximum atomic E-state index is 6.13. The van der Waals surface area contributed by atoms with E-state index in [0.717, 1.165) is 22.3 Å². The molecule has 0 spiro atoms. The van der Waals surface area contributed by atoms with Crippen molar-refractivity contribution in [1.29, 1.82) is 0 Å². The molecule has 0 amide bonds. The topological polar surface area (TPSA) is 17.3 Å². The second-order valence-electron chi connectivity index (χ2n) is 5.89. The Bertz CT molecular complexity index is 1110. The van der Waals surface area contributed by atoms with Gasteiger partial charge in [-0.25, -0.2) is 0 Å². The molecule has 0 bridgehead atoms. The molecule has 1 aromatic heterocycles. The number of rotatable bonds is 3. The maximum absolute atomic E-state index is 6.13. The van der Waals surface area contributed by atoms with Crippen LogP contribution < -0.4 is 0 Å². The summed E-state index contributed by atoms with van der Waals surface area (Å²) < 4.78 is 3.22. The van der Waals surface area contributed by atoms with Gasteiger partial charge in [-0.1, -0.05) is 35.9 Å². The summed E-state index contributed by atoms with van der Waals surface area (Å²) in [5, 5.41) is 3.20. The van der Waals surface area contributed by atoms with E-state index < -0.39 is 0 Å². The second kappa shape index (κ2) is 6.66. The Balaban J connectivity index is 1.79. The average molecular weight is 412 g/mol. The highest BCUT2D eigenvalue weighted by Gasteiger charge is 2.09. The fourth-order valence-electron chi connectivity index (χ4n) is 3.21. The lowest BCUT2D eigenvalue weighted by molar-refractivity contribution is 0.827. The number of hydrogen-bond acceptors (Lipinski definition) is 1. The van der Waals surface area contributed by atoms with Crippen LogP contribution in [0.1, 0.15) is 12.5 Å². The summed E-state index contributed by atoms with van der Waals surface area (Å²) in [5.41, 5.74) is 4.44. The number of benzene rings is 3. The fraction of sp³-hybridized carbons (Fsp3) is 0.0952. The van der Waals surface area contributed by atoms with Crippen molar-refractivity contribution in [3.63, 3.8) is 0 Å². The first-order chi connectivity index (χ1) is 12.2. The summed E-state index contributed by atoms with van der Waals surface area (Å²) in [4.78, 5) is 4.56. The number of nitrogens with zero attached hydrogens (tertiary/aromatic N) is 2. The van der Waals surface area contributed by atoms with Gasteiger partial charge in [0.05, 0.1) is 10.7 Å². The summed E-state index contributed by atoms with van der Waals surface area (Å²) in [6.07, 6.45) is 1.89. The molecule has 0 aliphatic carbocycles. The summed E-state index contributed by atoms with van der Waals surface area (Å²) in [6, 6.07) is 20.7. The van der Waals surface area contributed by atoms with Crippen LogP contribution in [0.15, 0.2) is 70.1 Å². The Labute approximate surface area is 159 Å². The third-order valence-electron chi connectivity index (χ3n) is 4.38. The van der Waals surface area contributed by atoms with E-state index in [0.29, 0.717) is 5.02 Å². The first-order valence-corrected chi connectivity index (χ1v) is 9.34. The van der Waals surface area contributed by atoms with Crippen LogP contribution in [0.25, 0.3) is 21.8 Å². The molecule has 1 heterocycles. The van der Waals surface area contributed by atoms with Crippen molar-refractivity contribution in [3.05, 3.63) is 75.7 Å². The van der Waals surface area contributed by atoms with Gasteiger partial charge in [0, 0.05) is 39.0 Å². The predicted molar refractivity (Wildman–Crippen MR) is 112 cm³/mol. The molecule has 25 heavy (non-hydrogen) atoms. The SMILES string of the molecule is CCn1c2ccccc2c2cc(C=Nc3ccc(Br)c(Cl)c3)ccc21. The number of halogens is 2. The van der Waals surface area contributed by atoms with E-state index in [4.69, 9.17) is 11.6 Å². The zero-order valence-electron chi connectivity index (χ0n) is 13.7.